The number of allylic oxidation sites excluding steroid dienone is 4. The third-order valence-electron chi connectivity index (χ3n) is 4.37. The Balaban J connectivity index is 1.83. The van der Waals surface area contributed by atoms with Crippen LogP contribution in [-0.2, 0) is 0 Å². The van der Waals surface area contributed by atoms with Gasteiger partial charge in [-0.15, -0.1) is 0 Å². The topological polar surface area (TPSA) is 27.1 Å². The van der Waals surface area contributed by atoms with Gasteiger partial charge < -0.3 is 4.74 Å². The summed E-state index contributed by atoms with van der Waals surface area (Å²) in [6, 6.07) is 6.27. The minimum Gasteiger partial charge on any atom is -0.495 e. The van der Waals surface area contributed by atoms with Gasteiger partial charge in [0.15, 0.2) is 0 Å². The molecule has 2 aromatic rings. The molecule has 0 saturated heterocycles. The van der Waals surface area contributed by atoms with E-state index < -0.39 is 0 Å². The lowest BCUT2D eigenvalue weighted by molar-refractivity contribution is 0.412. The molecule has 2 unspecified atom stereocenters. The molecule has 0 spiro atoms. The molecule has 1 saturated carbocycles. The second-order valence-electron chi connectivity index (χ2n) is 5.81. The number of hydrogen-bond donors (Lipinski definition) is 0. The van der Waals surface area contributed by atoms with Gasteiger partial charge in [-0.2, -0.15) is 0 Å². The fourth-order valence-electron chi connectivity index (χ4n) is 3.15. The number of imidazole rings is 1. The Bertz CT molecular complexity index is 754. The van der Waals surface area contributed by atoms with Crippen molar-refractivity contribution in [1.29, 1.82) is 0 Å². The van der Waals surface area contributed by atoms with Gasteiger partial charge in [-0.1, -0.05) is 24.3 Å². The fraction of sp³-hybridized carbons (Fsp3) is 0.278. The minimum absolute atomic E-state index is 0.646. The van der Waals surface area contributed by atoms with Crippen molar-refractivity contribution in [2.45, 2.75) is 13.3 Å². The number of aryl methyl sites for hydroxylation is 1. The van der Waals surface area contributed by atoms with Crippen molar-refractivity contribution in [3.05, 3.63) is 60.2 Å². The first-order chi connectivity index (χ1) is 10.3. The Morgan fingerprint density at radius 3 is 3.10 bits per heavy atom. The number of methoxy groups -OCH3 is 1. The summed E-state index contributed by atoms with van der Waals surface area (Å²) >= 11 is 0. The van der Waals surface area contributed by atoms with Crippen molar-refractivity contribution in [2.24, 2.45) is 11.8 Å². The van der Waals surface area contributed by atoms with E-state index in [0.29, 0.717) is 5.92 Å². The number of ether oxygens (including phenoxy) is 1. The first-order valence-electron chi connectivity index (χ1n) is 7.35. The first-order valence-corrected chi connectivity index (χ1v) is 7.35. The summed E-state index contributed by atoms with van der Waals surface area (Å²) in [7, 11) is 1.72. The maximum atomic E-state index is 5.55. The lowest BCUT2D eigenvalue weighted by atomic mass is 10.0. The fourth-order valence-corrected chi connectivity index (χ4v) is 3.15. The van der Waals surface area contributed by atoms with Crippen LogP contribution in [0.4, 0.5) is 0 Å². The number of fused-ring (bicyclic) bond motifs is 1. The molecule has 3 heteroatoms. The summed E-state index contributed by atoms with van der Waals surface area (Å²) in [6.45, 7) is 2.07. The van der Waals surface area contributed by atoms with E-state index in [1.807, 2.05) is 12.4 Å². The third-order valence-corrected chi connectivity index (χ3v) is 4.37. The van der Waals surface area contributed by atoms with Gasteiger partial charge in [0.1, 0.15) is 11.6 Å². The summed E-state index contributed by atoms with van der Waals surface area (Å²) in [5, 5.41) is 0. The van der Waals surface area contributed by atoms with Gasteiger partial charge in [0.05, 0.1) is 12.8 Å². The Kier molecular flexibility index (Phi) is 2.74. The van der Waals surface area contributed by atoms with Gasteiger partial charge in [0.25, 0.3) is 0 Å². The van der Waals surface area contributed by atoms with E-state index in [1.165, 1.54) is 17.6 Å². The van der Waals surface area contributed by atoms with E-state index in [0.717, 1.165) is 23.2 Å². The maximum absolute atomic E-state index is 5.55. The average molecular weight is 278 g/mol. The van der Waals surface area contributed by atoms with Crippen LogP contribution in [0.3, 0.4) is 0 Å². The highest BCUT2D eigenvalue weighted by molar-refractivity contribution is 5.71. The standard InChI is InChI=1S/C18H18N2O/c1-12-6-7-16(17(10-12)21-2)20-9-8-19-18(20)14-5-3-4-13-11-15(13)14/h3-10,13,15H,11H2,1-2H3. The SMILES string of the molecule is COc1cc(C)ccc1-n1ccnc1C1=CC=CC2CC12. The van der Waals surface area contributed by atoms with Crippen LogP contribution in [0.25, 0.3) is 11.3 Å². The maximum Gasteiger partial charge on any atom is 0.143 e. The van der Waals surface area contributed by atoms with E-state index >= 15 is 0 Å². The van der Waals surface area contributed by atoms with Crippen LogP contribution in [0, 0.1) is 18.8 Å². The lowest BCUT2D eigenvalue weighted by Gasteiger charge is -2.15. The van der Waals surface area contributed by atoms with Crippen molar-refractivity contribution < 1.29 is 4.74 Å². The molecule has 2 aliphatic carbocycles. The molecule has 0 aliphatic heterocycles. The van der Waals surface area contributed by atoms with Crippen LogP contribution < -0.4 is 4.74 Å². The van der Waals surface area contributed by atoms with Gasteiger partial charge in [-0.25, -0.2) is 4.98 Å². The zero-order valence-corrected chi connectivity index (χ0v) is 12.3. The van der Waals surface area contributed by atoms with Gasteiger partial charge in [0, 0.05) is 12.4 Å². The smallest absolute Gasteiger partial charge is 0.143 e. The molecular formula is C18H18N2O. The Hall–Kier alpha value is -2.29. The van der Waals surface area contributed by atoms with Crippen molar-refractivity contribution in [3.63, 3.8) is 0 Å². The van der Waals surface area contributed by atoms with Crippen molar-refractivity contribution >= 4 is 5.57 Å². The van der Waals surface area contributed by atoms with E-state index in [2.05, 4.69) is 52.9 Å². The number of rotatable bonds is 3. The zero-order chi connectivity index (χ0) is 14.4. The molecule has 21 heavy (non-hydrogen) atoms. The number of benzene rings is 1. The molecule has 0 amide bonds. The van der Waals surface area contributed by atoms with E-state index in [1.54, 1.807) is 7.11 Å². The van der Waals surface area contributed by atoms with Crippen LogP contribution in [0.2, 0.25) is 0 Å². The Morgan fingerprint density at radius 2 is 2.24 bits per heavy atom. The molecule has 0 radical (unpaired) electrons. The van der Waals surface area contributed by atoms with Crippen LogP contribution in [0.1, 0.15) is 17.8 Å². The van der Waals surface area contributed by atoms with Crippen molar-refractivity contribution in [3.8, 4) is 11.4 Å². The lowest BCUT2D eigenvalue weighted by Crippen LogP contribution is -2.04. The summed E-state index contributed by atoms with van der Waals surface area (Å²) < 4.78 is 7.69. The Morgan fingerprint density at radius 1 is 1.33 bits per heavy atom. The molecule has 1 fully saturated rings. The highest BCUT2D eigenvalue weighted by Gasteiger charge is 2.41. The second kappa shape index (κ2) is 4.62. The predicted octanol–water partition coefficient (Wildman–Crippen LogP) is 3.78. The van der Waals surface area contributed by atoms with Crippen LogP contribution in [-0.4, -0.2) is 16.7 Å². The van der Waals surface area contributed by atoms with Gasteiger partial charge >= 0.3 is 0 Å². The molecule has 0 bridgehead atoms. The first kappa shape index (κ1) is 12.5. The van der Waals surface area contributed by atoms with Gasteiger partial charge in [-0.05, 0) is 48.4 Å². The summed E-state index contributed by atoms with van der Waals surface area (Å²) in [4.78, 5) is 4.60. The highest BCUT2D eigenvalue weighted by atomic mass is 16.5. The van der Waals surface area contributed by atoms with Crippen molar-refractivity contribution in [2.75, 3.05) is 7.11 Å². The molecule has 2 aliphatic rings. The molecular weight excluding hydrogens is 260 g/mol. The summed E-state index contributed by atoms with van der Waals surface area (Å²) in [5.74, 6) is 3.28. The van der Waals surface area contributed by atoms with Gasteiger partial charge in [-0.3, -0.25) is 4.57 Å². The summed E-state index contributed by atoms with van der Waals surface area (Å²) in [6.07, 6.45) is 11.8. The minimum atomic E-state index is 0.646. The molecule has 0 N–H and O–H groups in total. The van der Waals surface area contributed by atoms with E-state index in [-0.39, 0.29) is 0 Å². The number of hydrogen-bond acceptors (Lipinski definition) is 2. The highest BCUT2D eigenvalue weighted by Crippen LogP contribution is 2.51. The molecule has 2 atom stereocenters. The second-order valence-corrected chi connectivity index (χ2v) is 5.81. The molecule has 4 rings (SSSR count). The quantitative estimate of drug-likeness (QED) is 0.854. The van der Waals surface area contributed by atoms with Crippen LogP contribution >= 0.6 is 0 Å². The molecule has 3 nitrogen and oxygen atoms in total. The molecule has 1 aromatic carbocycles. The van der Waals surface area contributed by atoms with E-state index in [4.69, 9.17) is 4.74 Å². The normalized spacial score (nSPS) is 22.7. The largest absolute Gasteiger partial charge is 0.495 e. The molecule has 1 aromatic heterocycles. The zero-order valence-electron chi connectivity index (χ0n) is 12.3. The average Bonchev–Trinajstić information content (AvgIpc) is 3.15. The Labute approximate surface area is 124 Å². The third kappa shape index (κ3) is 2.00. The number of aromatic nitrogens is 2. The molecule has 106 valence electrons. The predicted molar refractivity (Wildman–Crippen MR) is 83.6 cm³/mol. The van der Waals surface area contributed by atoms with Crippen LogP contribution in [0.5, 0.6) is 5.75 Å². The summed E-state index contributed by atoms with van der Waals surface area (Å²) in [5.41, 5.74) is 3.58. The van der Waals surface area contributed by atoms with Crippen molar-refractivity contribution in [1.82, 2.24) is 9.55 Å². The molecule has 1 heterocycles. The monoisotopic (exact) mass is 278 g/mol. The van der Waals surface area contributed by atoms with Gasteiger partial charge in [0.2, 0.25) is 0 Å². The van der Waals surface area contributed by atoms with E-state index in [9.17, 15) is 0 Å². The van der Waals surface area contributed by atoms with Crippen LogP contribution in [0.15, 0.2) is 48.8 Å². The number of nitrogens with zero attached hydrogens (tertiary/aromatic N) is 2.